The van der Waals surface area contributed by atoms with E-state index >= 15 is 0 Å². The molecule has 0 aliphatic carbocycles. The van der Waals surface area contributed by atoms with Crippen molar-refractivity contribution in [3.8, 4) is 5.75 Å². The van der Waals surface area contributed by atoms with Crippen molar-refractivity contribution < 1.29 is 18.3 Å². The average molecular weight is 734 g/mol. The van der Waals surface area contributed by atoms with E-state index < -0.39 is 13.5 Å². The third-order valence-corrected chi connectivity index (χ3v) is 9.55. The van der Waals surface area contributed by atoms with Crippen molar-refractivity contribution in [2.24, 2.45) is 0 Å². The number of rotatable bonds is 8. The van der Waals surface area contributed by atoms with E-state index in [4.69, 9.17) is 19.4 Å². The number of hydrogen-bond donors (Lipinski definition) is 1. The molecule has 1 aliphatic rings. The summed E-state index contributed by atoms with van der Waals surface area (Å²) in [4.78, 5) is 4.81. The van der Waals surface area contributed by atoms with Gasteiger partial charge in [0, 0.05) is 24.5 Å². The zero-order chi connectivity index (χ0) is 32.7. The van der Waals surface area contributed by atoms with E-state index in [1.54, 1.807) is 0 Å². The summed E-state index contributed by atoms with van der Waals surface area (Å²) in [5, 5.41) is 3.46. The number of benzene rings is 4. The molecular formula is C38H47Cl2N3ORu. The first-order chi connectivity index (χ1) is 21.4. The van der Waals surface area contributed by atoms with Crippen LogP contribution in [0.2, 0.25) is 0 Å². The van der Waals surface area contributed by atoms with Crippen LogP contribution in [-0.2, 0) is 20.1 Å². The Kier molecular flexibility index (Phi) is 12.5. The molecule has 1 fully saturated rings. The maximum absolute atomic E-state index is 6.00. The smallest absolute Gasteiger partial charge is 0.0146 e. The average Bonchev–Trinajstić information content (AvgIpc) is 3.41. The van der Waals surface area contributed by atoms with Gasteiger partial charge in [0.15, 0.2) is 0 Å². The summed E-state index contributed by atoms with van der Waals surface area (Å²) in [6.45, 7) is 22.4. The Labute approximate surface area is 283 Å². The largest absolute Gasteiger partial charge is 0.502 e. The van der Waals surface area contributed by atoms with E-state index in [0.29, 0.717) is 6.54 Å². The van der Waals surface area contributed by atoms with E-state index in [0.717, 1.165) is 30.1 Å². The first-order valence-corrected chi connectivity index (χ1v) is 20.9. The summed E-state index contributed by atoms with van der Waals surface area (Å²) in [7, 11) is 12.0. The zero-order valence-corrected chi connectivity index (χ0v) is 31.0. The third kappa shape index (κ3) is 9.58. The summed E-state index contributed by atoms with van der Waals surface area (Å²) in [5.41, 5.74) is 14.2. The SMILES string of the molecule is CC(C)[OH+]c1ccccc1NCc1ccccc1[CH]=[Ru]([Cl])[Cl].Cc1cc(C)c(N2[CH-]N(c3c(C)cc(C)cc3C)CC2)c(C)c1. The van der Waals surface area contributed by atoms with Crippen molar-refractivity contribution in [1.29, 1.82) is 0 Å². The van der Waals surface area contributed by atoms with Crippen molar-refractivity contribution in [2.45, 2.75) is 68.0 Å². The van der Waals surface area contributed by atoms with Gasteiger partial charge in [-0.05, 0) is 63.8 Å². The molecule has 0 atom stereocenters. The van der Waals surface area contributed by atoms with Crippen LogP contribution in [-0.4, -0.2) is 28.5 Å². The molecule has 45 heavy (non-hydrogen) atoms. The number of nitrogens with zero attached hydrogens (tertiary/aromatic N) is 2. The molecule has 1 saturated heterocycles. The minimum atomic E-state index is -1.82. The van der Waals surface area contributed by atoms with Crippen LogP contribution in [0.25, 0.3) is 0 Å². The van der Waals surface area contributed by atoms with Gasteiger partial charge in [0.05, 0.1) is 0 Å². The number of ether oxygens (including phenoxy) is 1. The summed E-state index contributed by atoms with van der Waals surface area (Å²) in [6.07, 6.45) is 0.267. The van der Waals surface area contributed by atoms with Crippen molar-refractivity contribution in [3.63, 3.8) is 0 Å². The van der Waals surface area contributed by atoms with Gasteiger partial charge in [0.1, 0.15) is 0 Å². The van der Waals surface area contributed by atoms with Crippen LogP contribution in [0.3, 0.4) is 0 Å². The van der Waals surface area contributed by atoms with Gasteiger partial charge in [0.2, 0.25) is 0 Å². The van der Waals surface area contributed by atoms with Crippen LogP contribution in [0.1, 0.15) is 58.4 Å². The summed E-state index contributed by atoms with van der Waals surface area (Å²) in [5.74, 6) is 0.987. The van der Waals surface area contributed by atoms with Gasteiger partial charge in [-0.2, -0.15) is 6.67 Å². The molecule has 242 valence electrons. The van der Waals surface area contributed by atoms with Crippen LogP contribution in [0.15, 0.2) is 72.8 Å². The van der Waals surface area contributed by atoms with Crippen LogP contribution in [0, 0.1) is 48.2 Å². The van der Waals surface area contributed by atoms with Gasteiger partial charge < -0.3 is 9.80 Å². The molecule has 2 N–H and O–H groups in total. The fourth-order valence-electron chi connectivity index (χ4n) is 6.17. The molecule has 0 spiro atoms. The number of para-hydroxylation sites is 2. The molecule has 5 rings (SSSR count). The second-order valence-electron chi connectivity index (χ2n) is 12.1. The van der Waals surface area contributed by atoms with Gasteiger partial charge >= 0.3 is 145 Å². The normalized spacial score (nSPS) is 13.0. The molecule has 0 bridgehead atoms. The maximum atomic E-state index is 6.00. The second kappa shape index (κ2) is 16.1. The molecule has 4 aromatic carbocycles. The number of halogens is 2. The van der Waals surface area contributed by atoms with E-state index in [9.17, 15) is 0 Å². The molecule has 0 amide bonds. The van der Waals surface area contributed by atoms with Crippen molar-refractivity contribution in [2.75, 3.05) is 28.2 Å². The Morgan fingerprint density at radius 3 is 1.78 bits per heavy atom. The Morgan fingerprint density at radius 1 is 0.778 bits per heavy atom. The van der Waals surface area contributed by atoms with Crippen molar-refractivity contribution in [3.05, 3.63) is 124 Å². The molecule has 0 aromatic heterocycles. The van der Waals surface area contributed by atoms with Crippen LogP contribution >= 0.6 is 19.4 Å². The van der Waals surface area contributed by atoms with E-state index in [-0.39, 0.29) is 6.10 Å². The molecule has 0 radical (unpaired) electrons. The first-order valence-electron chi connectivity index (χ1n) is 15.4. The molecule has 4 aromatic rings. The quantitative estimate of drug-likeness (QED) is 0.0847. The number of aromatic hydroxyl groups is 1. The first kappa shape index (κ1) is 35.0. The number of nitrogens with one attached hydrogen (secondary N) is 1. The fourth-order valence-corrected chi connectivity index (χ4v) is 8.05. The molecule has 0 unspecified atom stereocenters. The topological polar surface area (TPSA) is 31.3 Å². The predicted octanol–water partition coefficient (Wildman–Crippen LogP) is 10.0. The zero-order valence-electron chi connectivity index (χ0n) is 27.7. The van der Waals surface area contributed by atoms with Crippen molar-refractivity contribution >= 4 is 41.1 Å². The second-order valence-corrected chi connectivity index (χ2v) is 17.8. The van der Waals surface area contributed by atoms with E-state index in [2.05, 4.69) is 118 Å². The minimum Gasteiger partial charge on any atom is -0.502 e. The minimum absolute atomic E-state index is 0.267. The Bertz CT molecular complexity index is 1540. The molecular weight excluding hydrogens is 686 g/mol. The molecule has 4 nitrogen and oxygen atoms in total. The van der Waals surface area contributed by atoms with Gasteiger partial charge in [-0.3, -0.25) is 0 Å². The summed E-state index contributed by atoms with van der Waals surface area (Å²) >= 11 is -1.82. The fraction of sp³-hybridized carbons (Fsp3) is 0.316. The van der Waals surface area contributed by atoms with Crippen LogP contribution < -0.4 is 15.1 Å². The number of aryl methyl sites for hydroxylation is 6. The number of aliphatic hydroxyl groups is 1. The maximum Gasteiger partial charge on any atom is 0.0146 e. The van der Waals surface area contributed by atoms with Gasteiger partial charge in [-0.1, -0.05) is 35.4 Å². The molecule has 7 heteroatoms. The summed E-state index contributed by atoms with van der Waals surface area (Å²) < 4.78 is 6.62. The summed E-state index contributed by atoms with van der Waals surface area (Å²) in [6, 6.07) is 25.4. The predicted molar refractivity (Wildman–Crippen MR) is 194 cm³/mol. The van der Waals surface area contributed by atoms with Crippen molar-refractivity contribution in [1.82, 2.24) is 0 Å². The van der Waals surface area contributed by atoms with Gasteiger partial charge in [-0.15, -0.1) is 0 Å². The number of anilines is 3. The molecule has 1 aliphatic heterocycles. The van der Waals surface area contributed by atoms with E-state index in [1.807, 2.05) is 41.0 Å². The van der Waals surface area contributed by atoms with Gasteiger partial charge in [-0.25, -0.2) is 0 Å². The Balaban J connectivity index is 0.000000205. The monoisotopic (exact) mass is 733 g/mol. The Morgan fingerprint density at radius 2 is 1.27 bits per heavy atom. The number of hydrogen-bond acceptors (Lipinski definition) is 3. The standard InChI is InChI=1S/C21H27N2.C17H19NO.2ClH.Ru/c1-14-9-16(3)20(17(4)10-14)22-7-8-23(13-22)21-18(5)11-15(2)12-19(21)6;1-13(2)19-17-11-7-6-10-16(17)18-12-15-9-5-4-8-14(15)3;;;/h9-13H,7-8H2,1-6H3;3-11,13,18H,12H2,1-2H3;2*1H;/q-1;;;;+2/p-1. The Hall–Kier alpha value is -2.85. The van der Waals surface area contributed by atoms with E-state index in [1.165, 1.54) is 50.3 Å². The van der Waals surface area contributed by atoms with Gasteiger partial charge in [0.25, 0.3) is 0 Å². The molecule has 0 saturated carbocycles. The molecule has 1 heterocycles. The van der Waals surface area contributed by atoms with Crippen LogP contribution in [0.5, 0.6) is 5.75 Å². The third-order valence-electron chi connectivity index (χ3n) is 7.72. The van der Waals surface area contributed by atoms with Crippen LogP contribution in [0.4, 0.5) is 17.1 Å².